The van der Waals surface area contributed by atoms with Crippen LogP contribution in [0.2, 0.25) is 0 Å². The monoisotopic (exact) mass is 728 g/mol. The average molecular weight is 728 g/mol. The molecule has 290 valence electrons. The molecule has 12 fully saturated rings. The summed E-state index contributed by atoms with van der Waals surface area (Å²) in [5.41, 5.74) is 0.753. The van der Waals surface area contributed by atoms with Gasteiger partial charge in [-0.3, -0.25) is 4.90 Å². The van der Waals surface area contributed by atoms with Gasteiger partial charge in [0, 0.05) is 34.5 Å². The Labute approximate surface area is 323 Å². The van der Waals surface area contributed by atoms with Crippen LogP contribution in [0.1, 0.15) is 186 Å². The molecule has 12 rings (SSSR count). The highest BCUT2D eigenvalue weighted by Gasteiger charge is 2.72. The first-order chi connectivity index (χ1) is 25.8. The summed E-state index contributed by atoms with van der Waals surface area (Å²) >= 11 is 2.64. The molecule has 18 unspecified atom stereocenters. The molecule has 2 saturated heterocycles. The molecule has 0 N–H and O–H groups in total. The second kappa shape index (κ2) is 13.7. The van der Waals surface area contributed by atoms with E-state index < -0.39 is 0 Å². The van der Waals surface area contributed by atoms with Gasteiger partial charge in [0.15, 0.2) is 0 Å². The lowest BCUT2D eigenvalue weighted by Crippen LogP contribution is -2.58. The van der Waals surface area contributed by atoms with E-state index in [-0.39, 0.29) is 0 Å². The Kier molecular flexibility index (Phi) is 9.04. The molecule has 2 heterocycles. The average Bonchev–Trinajstić information content (AvgIpc) is 3.94. The first-order valence-electron chi connectivity index (χ1n) is 24.9. The lowest BCUT2D eigenvalue weighted by molar-refractivity contribution is -0.0636. The SMILES string of the molecule is C1CCC(N(C2CCC3C4CCCCC4C4(C5CCCCC5C5CCCCC54)C3C2)C2CCCC3C4CCC5OC6CCCCC6C5C4SC32)CC1. The van der Waals surface area contributed by atoms with Gasteiger partial charge in [-0.1, -0.05) is 77.0 Å². The highest BCUT2D eigenvalue weighted by Crippen LogP contribution is 2.78. The van der Waals surface area contributed by atoms with Crippen LogP contribution in [-0.2, 0) is 4.74 Å². The number of thioether (sulfide) groups is 1. The lowest BCUT2D eigenvalue weighted by Gasteiger charge is -2.55. The van der Waals surface area contributed by atoms with Crippen LogP contribution in [-0.4, -0.2) is 45.7 Å². The van der Waals surface area contributed by atoms with Gasteiger partial charge in [-0.25, -0.2) is 0 Å². The van der Waals surface area contributed by atoms with Crippen LogP contribution in [0.15, 0.2) is 0 Å². The smallest absolute Gasteiger partial charge is 0.0621 e. The van der Waals surface area contributed by atoms with Crippen LogP contribution in [0.4, 0.5) is 0 Å². The minimum atomic E-state index is 0.617. The molecule has 0 aromatic heterocycles. The van der Waals surface area contributed by atoms with Gasteiger partial charge in [-0.2, -0.15) is 11.8 Å². The van der Waals surface area contributed by atoms with Gasteiger partial charge in [0.05, 0.1) is 12.2 Å². The number of ether oxygens (including phenoxy) is 1. The zero-order chi connectivity index (χ0) is 34.0. The molecule has 0 radical (unpaired) electrons. The summed E-state index contributed by atoms with van der Waals surface area (Å²) in [6.07, 6.45) is 46.3. The van der Waals surface area contributed by atoms with Crippen molar-refractivity contribution >= 4 is 11.8 Å². The molecule has 10 aliphatic carbocycles. The maximum Gasteiger partial charge on any atom is 0.0621 e. The largest absolute Gasteiger partial charge is 0.374 e. The molecule has 3 heteroatoms. The van der Waals surface area contributed by atoms with E-state index in [1.165, 1.54) is 83.5 Å². The van der Waals surface area contributed by atoms with Crippen LogP contribution in [0.5, 0.6) is 0 Å². The van der Waals surface area contributed by atoms with Crippen LogP contribution < -0.4 is 0 Å². The Morgan fingerprint density at radius 2 is 0.942 bits per heavy atom. The van der Waals surface area contributed by atoms with Gasteiger partial charge < -0.3 is 4.74 Å². The molecule has 52 heavy (non-hydrogen) atoms. The topological polar surface area (TPSA) is 12.5 Å². The maximum atomic E-state index is 6.97. The highest BCUT2D eigenvalue weighted by atomic mass is 32.2. The summed E-state index contributed by atoms with van der Waals surface area (Å²) in [6.45, 7) is 0. The summed E-state index contributed by atoms with van der Waals surface area (Å²) in [7, 11) is 0. The van der Waals surface area contributed by atoms with E-state index in [2.05, 4.69) is 16.7 Å². The summed E-state index contributed by atoms with van der Waals surface area (Å²) in [4.78, 5) is 3.50. The van der Waals surface area contributed by atoms with Gasteiger partial charge in [0.25, 0.3) is 0 Å². The summed E-state index contributed by atoms with van der Waals surface area (Å²) in [5, 5.41) is 1.86. The maximum absolute atomic E-state index is 6.97. The van der Waals surface area contributed by atoms with Crippen LogP contribution >= 0.6 is 11.8 Å². The number of rotatable bonds is 3. The fourth-order valence-corrected chi connectivity index (χ4v) is 22.6. The van der Waals surface area contributed by atoms with Crippen molar-refractivity contribution in [2.45, 2.75) is 227 Å². The zero-order valence-corrected chi connectivity index (χ0v) is 34.1. The third-order valence-corrected chi connectivity index (χ3v) is 23.1. The fourth-order valence-electron chi connectivity index (χ4n) is 20.1. The molecule has 0 aromatic carbocycles. The zero-order valence-electron chi connectivity index (χ0n) is 33.2. The van der Waals surface area contributed by atoms with E-state index in [9.17, 15) is 0 Å². The second-order valence-electron chi connectivity index (χ2n) is 22.3. The Hall–Kier alpha value is 0.270. The van der Waals surface area contributed by atoms with E-state index in [1.807, 2.05) is 0 Å². The Morgan fingerprint density at radius 1 is 0.385 bits per heavy atom. The fraction of sp³-hybridized carbons (Fsp3) is 1.00. The summed E-state index contributed by atoms with van der Waals surface area (Å²) in [5.74, 6) is 12.7. The quantitative estimate of drug-likeness (QED) is 0.287. The summed E-state index contributed by atoms with van der Waals surface area (Å²) in [6, 6.07) is 2.69. The minimum absolute atomic E-state index is 0.617. The normalized spacial score (nSPS) is 56.9. The van der Waals surface area contributed by atoms with Crippen molar-refractivity contribution in [1.82, 2.24) is 4.90 Å². The molecular weight excluding hydrogens is 651 g/mol. The van der Waals surface area contributed by atoms with Gasteiger partial charge >= 0.3 is 0 Å². The molecule has 2 nitrogen and oxygen atoms in total. The van der Waals surface area contributed by atoms with E-state index in [0.29, 0.717) is 12.2 Å². The summed E-state index contributed by atoms with van der Waals surface area (Å²) < 4.78 is 6.97. The van der Waals surface area contributed by atoms with Crippen molar-refractivity contribution < 1.29 is 4.74 Å². The predicted octanol–water partition coefficient (Wildman–Crippen LogP) is 12.5. The first-order valence-corrected chi connectivity index (χ1v) is 25.8. The number of nitrogens with zero attached hydrogens (tertiary/aromatic N) is 1. The predicted molar refractivity (Wildman–Crippen MR) is 215 cm³/mol. The van der Waals surface area contributed by atoms with Crippen molar-refractivity contribution in [3.05, 3.63) is 0 Å². The molecule has 0 aromatic rings. The van der Waals surface area contributed by atoms with Gasteiger partial charge in [-0.05, 0) is 180 Å². The Morgan fingerprint density at radius 3 is 1.65 bits per heavy atom. The van der Waals surface area contributed by atoms with Gasteiger partial charge in [-0.15, -0.1) is 0 Å². The minimum Gasteiger partial charge on any atom is -0.374 e. The molecule has 2 aliphatic heterocycles. The number of fused-ring (bicyclic) bond motifs is 17. The molecule has 0 amide bonds. The molecule has 12 aliphatic rings. The third kappa shape index (κ3) is 5.00. The molecule has 18 atom stereocenters. The molecule has 0 bridgehead atoms. The van der Waals surface area contributed by atoms with E-state index in [4.69, 9.17) is 4.74 Å². The standard InChI is InChI=1S/C49H77NOS/c1-2-13-30(14-3-1)50(43-23-12-19-36-37-27-28-45-46(48(37)52-47(36)43)38-18-7-11-24-44(38)51-45)31-25-26-35-34-17-6-10-22-41(34)49(42(35)29-31)39-20-8-4-15-32(39)33-16-5-9-21-40(33)49/h30-48H,1-29H2. The third-order valence-electron chi connectivity index (χ3n) is 21.1. The van der Waals surface area contributed by atoms with Crippen molar-refractivity contribution in [1.29, 1.82) is 0 Å². The van der Waals surface area contributed by atoms with Crippen molar-refractivity contribution in [3.63, 3.8) is 0 Å². The van der Waals surface area contributed by atoms with Crippen LogP contribution in [0.25, 0.3) is 0 Å². The molecule has 1 spiro atoms. The lowest BCUT2D eigenvalue weighted by atomic mass is 9.52. The van der Waals surface area contributed by atoms with Crippen molar-refractivity contribution in [2.24, 2.45) is 76.4 Å². The van der Waals surface area contributed by atoms with Crippen LogP contribution in [0, 0.1) is 76.4 Å². The van der Waals surface area contributed by atoms with Crippen molar-refractivity contribution in [2.75, 3.05) is 0 Å². The Bertz CT molecular complexity index is 1260. The molecule has 10 saturated carbocycles. The number of hydrogen-bond acceptors (Lipinski definition) is 3. The van der Waals surface area contributed by atoms with E-state index in [1.54, 1.807) is 103 Å². The number of hydrogen-bond donors (Lipinski definition) is 0. The van der Waals surface area contributed by atoms with Gasteiger partial charge in [0.2, 0.25) is 0 Å². The highest BCUT2D eigenvalue weighted by molar-refractivity contribution is 8.00. The van der Waals surface area contributed by atoms with E-state index >= 15 is 0 Å². The van der Waals surface area contributed by atoms with Crippen LogP contribution in [0.3, 0.4) is 0 Å². The van der Waals surface area contributed by atoms with Crippen molar-refractivity contribution in [3.8, 4) is 0 Å². The second-order valence-corrected chi connectivity index (χ2v) is 23.7. The molecular formula is C49H77NOS. The Balaban J connectivity index is 0.892. The van der Waals surface area contributed by atoms with Gasteiger partial charge in [0.1, 0.15) is 0 Å². The van der Waals surface area contributed by atoms with E-state index in [0.717, 1.165) is 105 Å². The first kappa shape index (κ1) is 34.3.